The lowest BCUT2D eigenvalue weighted by Crippen LogP contribution is -2.20. The van der Waals surface area contributed by atoms with Crippen LogP contribution in [0.3, 0.4) is 0 Å². The third-order valence-electron chi connectivity index (χ3n) is 2.82. The third-order valence-corrected chi connectivity index (χ3v) is 3.54. The number of halogens is 1. The summed E-state index contributed by atoms with van der Waals surface area (Å²) in [6, 6.07) is 11.0. The van der Waals surface area contributed by atoms with Gasteiger partial charge in [-0.2, -0.15) is 5.10 Å². The minimum Gasteiger partial charge on any atom is -0.326 e. The molecule has 0 bridgehead atoms. The van der Waals surface area contributed by atoms with Crippen molar-refractivity contribution in [1.29, 1.82) is 0 Å². The molecule has 7 heteroatoms. The quantitative estimate of drug-likeness (QED) is 0.427. The summed E-state index contributed by atoms with van der Waals surface area (Å²) in [5, 5.41) is 6.57. The number of benzene rings is 1. The second-order valence-corrected chi connectivity index (χ2v) is 5.87. The SMILES string of the molecule is O=C(CCC(=O)Nc1ccc(I)cc1)N/N=C/c1ccncc1. The van der Waals surface area contributed by atoms with E-state index in [9.17, 15) is 9.59 Å². The van der Waals surface area contributed by atoms with E-state index in [1.807, 2.05) is 24.3 Å². The number of hydrogen-bond donors (Lipinski definition) is 2. The van der Waals surface area contributed by atoms with E-state index in [2.05, 4.69) is 43.4 Å². The molecular formula is C16H15IN4O2. The number of carbonyl (C=O) groups is 2. The van der Waals surface area contributed by atoms with Crippen LogP contribution in [-0.2, 0) is 9.59 Å². The van der Waals surface area contributed by atoms with Crippen LogP contribution in [0.1, 0.15) is 18.4 Å². The zero-order valence-electron chi connectivity index (χ0n) is 12.2. The normalized spacial score (nSPS) is 10.5. The zero-order chi connectivity index (χ0) is 16.5. The van der Waals surface area contributed by atoms with Crippen LogP contribution >= 0.6 is 22.6 Å². The van der Waals surface area contributed by atoms with Gasteiger partial charge in [-0.25, -0.2) is 5.43 Å². The highest BCUT2D eigenvalue weighted by atomic mass is 127. The molecule has 23 heavy (non-hydrogen) atoms. The molecule has 2 rings (SSSR count). The lowest BCUT2D eigenvalue weighted by molar-refractivity contribution is -0.124. The molecule has 0 aliphatic carbocycles. The van der Waals surface area contributed by atoms with Gasteiger partial charge >= 0.3 is 0 Å². The van der Waals surface area contributed by atoms with E-state index in [0.29, 0.717) is 5.69 Å². The third kappa shape index (κ3) is 6.55. The number of anilines is 1. The maximum Gasteiger partial charge on any atom is 0.240 e. The molecular weight excluding hydrogens is 407 g/mol. The van der Waals surface area contributed by atoms with Gasteiger partial charge in [-0.1, -0.05) is 0 Å². The molecule has 2 amide bonds. The maximum atomic E-state index is 11.8. The van der Waals surface area contributed by atoms with Gasteiger partial charge in [0.1, 0.15) is 0 Å². The van der Waals surface area contributed by atoms with Crippen molar-refractivity contribution < 1.29 is 9.59 Å². The summed E-state index contributed by atoms with van der Waals surface area (Å²) in [5.74, 6) is -0.521. The molecule has 0 aliphatic heterocycles. The second-order valence-electron chi connectivity index (χ2n) is 4.63. The fourth-order valence-electron chi connectivity index (χ4n) is 1.67. The Labute approximate surface area is 147 Å². The molecule has 1 aromatic heterocycles. The molecule has 0 fully saturated rings. The van der Waals surface area contributed by atoms with E-state index in [-0.39, 0.29) is 24.7 Å². The lowest BCUT2D eigenvalue weighted by atomic mass is 10.2. The molecule has 1 aromatic carbocycles. The van der Waals surface area contributed by atoms with Crippen molar-refractivity contribution in [3.63, 3.8) is 0 Å². The number of aromatic nitrogens is 1. The van der Waals surface area contributed by atoms with Crippen LogP contribution in [0.5, 0.6) is 0 Å². The van der Waals surface area contributed by atoms with Crippen LogP contribution in [0, 0.1) is 3.57 Å². The summed E-state index contributed by atoms with van der Waals surface area (Å²) < 4.78 is 1.09. The fraction of sp³-hybridized carbons (Fsp3) is 0.125. The van der Waals surface area contributed by atoms with Crippen molar-refractivity contribution in [2.45, 2.75) is 12.8 Å². The average Bonchev–Trinajstić information content (AvgIpc) is 2.56. The van der Waals surface area contributed by atoms with Crippen molar-refractivity contribution in [3.8, 4) is 0 Å². The van der Waals surface area contributed by atoms with Crippen LogP contribution in [0.4, 0.5) is 5.69 Å². The van der Waals surface area contributed by atoms with Crippen molar-refractivity contribution in [1.82, 2.24) is 10.4 Å². The van der Waals surface area contributed by atoms with E-state index in [0.717, 1.165) is 9.13 Å². The number of hydrazone groups is 1. The van der Waals surface area contributed by atoms with E-state index >= 15 is 0 Å². The van der Waals surface area contributed by atoms with Crippen molar-refractivity contribution >= 4 is 46.3 Å². The number of nitrogens with one attached hydrogen (secondary N) is 2. The largest absolute Gasteiger partial charge is 0.326 e. The molecule has 0 atom stereocenters. The van der Waals surface area contributed by atoms with E-state index in [1.54, 1.807) is 24.5 Å². The molecule has 1 heterocycles. The summed E-state index contributed by atoms with van der Waals surface area (Å²) in [7, 11) is 0. The smallest absolute Gasteiger partial charge is 0.240 e. The van der Waals surface area contributed by atoms with Crippen LogP contribution in [0.2, 0.25) is 0 Å². The van der Waals surface area contributed by atoms with Gasteiger partial charge in [0.15, 0.2) is 0 Å². The summed E-state index contributed by atoms with van der Waals surface area (Å²) >= 11 is 2.19. The summed E-state index contributed by atoms with van der Waals surface area (Å²) in [6.07, 6.45) is 4.97. The summed E-state index contributed by atoms with van der Waals surface area (Å²) in [6.45, 7) is 0. The molecule has 6 nitrogen and oxygen atoms in total. The van der Waals surface area contributed by atoms with Crippen molar-refractivity contribution in [3.05, 3.63) is 57.9 Å². The fourth-order valence-corrected chi connectivity index (χ4v) is 2.03. The first-order valence-electron chi connectivity index (χ1n) is 6.91. The van der Waals surface area contributed by atoms with Crippen LogP contribution in [0.15, 0.2) is 53.9 Å². The standard InChI is InChI=1S/C16H15IN4O2/c17-13-1-3-14(4-2-13)20-15(22)5-6-16(23)21-19-11-12-7-9-18-10-8-12/h1-4,7-11H,5-6H2,(H,20,22)(H,21,23)/b19-11+. The highest BCUT2D eigenvalue weighted by Gasteiger charge is 2.06. The number of nitrogens with zero attached hydrogens (tertiary/aromatic N) is 2. The van der Waals surface area contributed by atoms with Crippen molar-refractivity contribution in [2.75, 3.05) is 5.32 Å². The van der Waals surface area contributed by atoms with E-state index in [1.165, 1.54) is 6.21 Å². The Kier molecular flexibility index (Phi) is 6.67. The monoisotopic (exact) mass is 422 g/mol. The summed E-state index contributed by atoms with van der Waals surface area (Å²) in [4.78, 5) is 27.3. The van der Waals surface area contributed by atoms with E-state index in [4.69, 9.17) is 0 Å². The number of rotatable bonds is 6. The molecule has 0 radical (unpaired) electrons. The van der Waals surface area contributed by atoms with Gasteiger partial charge in [-0.3, -0.25) is 14.6 Å². The lowest BCUT2D eigenvalue weighted by Gasteiger charge is -2.04. The topological polar surface area (TPSA) is 83.5 Å². The Bertz CT molecular complexity index is 687. The van der Waals surface area contributed by atoms with Crippen molar-refractivity contribution in [2.24, 2.45) is 5.10 Å². The highest BCUT2D eigenvalue weighted by Crippen LogP contribution is 2.11. The predicted octanol–water partition coefficient (Wildman–Crippen LogP) is 2.56. The first kappa shape index (κ1) is 17.1. The number of carbonyl (C=O) groups excluding carboxylic acids is 2. The Morgan fingerprint density at radius 3 is 2.39 bits per heavy atom. The van der Waals surface area contributed by atoms with Gasteiger partial charge < -0.3 is 5.32 Å². The van der Waals surface area contributed by atoms with Crippen LogP contribution in [0.25, 0.3) is 0 Å². The zero-order valence-corrected chi connectivity index (χ0v) is 14.4. The number of hydrogen-bond acceptors (Lipinski definition) is 4. The predicted molar refractivity (Wildman–Crippen MR) is 97.0 cm³/mol. The van der Waals surface area contributed by atoms with Crippen LogP contribution in [-0.4, -0.2) is 23.0 Å². The minimum absolute atomic E-state index is 0.0733. The molecule has 118 valence electrons. The molecule has 0 saturated heterocycles. The first-order valence-corrected chi connectivity index (χ1v) is 7.99. The Morgan fingerprint density at radius 2 is 1.70 bits per heavy atom. The second kappa shape index (κ2) is 8.99. The van der Waals surface area contributed by atoms with Gasteiger partial charge in [-0.05, 0) is 64.6 Å². The molecule has 2 N–H and O–H groups in total. The van der Waals surface area contributed by atoms with Gasteiger partial charge in [-0.15, -0.1) is 0 Å². The molecule has 2 aromatic rings. The Balaban J connectivity index is 1.70. The maximum absolute atomic E-state index is 11.8. The Morgan fingerprint density at radius 1 is 1.04 bits per heavy atom. The van der Waals surface area contributed by atoms with Gasteiger partial charge in [0.05, 0.1) is 6.21 Å². The number of pyridine rings is 1. The van der Waals surface area contributed by atoms with Gasteiger partial charge in [0.25, 0.3) is 0 Å². The van der Waals surface area contributed by atoms with Crippen LogP contribution < -0.4 is 10.7 Å². The highest BCUT2D eigenvalue weighted by molar-refractivity contribution is 14.1. The number of amides is 2. The van der Waals surface area contributed by atoms with Gasteiger partial charge in [0, 0.05) is 34.5 Å². The minimum atomic E-state index is -0.312. The summed E-state index contributed by atoms with van der Waals surface area (Å²) in [5.41, 5.74) is 3.93. The first-order chi connectivity index (χ1) is 11.1. The average molecular weight is 422 g/mol. The molecule has 0 saturated carbocycles. The van der Waals surface area contributed by atoms with Gasteiger partial charge in [0.2, 0.25) is 11.8 Å². The Hall–Kier alpha value is -2.29. The molecule has 0 spiro atoms. The molecule has 0 unspecified atom stereocenters. The molecule has 0 aliphatic rings. The van der Waals surface area contributed by atoms with E-state index < -0.39 is 0 Å².